The summed E-state index contributed by atoms with van der Waals surface area (Å²) in [5.74, 6) is 0.726. The molecular weight excluding hydrogens is 493 g/mol. The first-order valence-corrected chi connectivity index (χ1v) is 21.1. The number of hydrogen-bond acceptors (Lipinski definition) is 1. The standard InChI is InChI=1S/C18H22N.3C4H9.Sn/c1-16(2)13-19(14-17-9-5-3-6-10-17)15-18-11-7-4-8-12-18;3*1-3-4-2;/h3-13,16H,14-15H2,1-2H3;3*1,3-4H2,2H3;. The molecule has 2 aromatic carbocycles. The van der Waals surface area contributed by atoms with Crippen LogP contribution in [0.3, 0.4) is 0 Å². The summed E-state index contributed by atoms with van der Waals surface area (Å²) in [7, 11) is 0. The van der Waals surface area contributed by atoms with Gasteiger partial charge in [-0.3, -0.25) is 0 Å². The Kier molecular flexibility index (Phi) is 13.0. The number of benzene rings is 2. The summed E-state index contributed by atoms with van der Waals surface area (Å²) in [5.41, 5.74) is 2.94. The fourth-order valence-corrected chi connectivity index (χ4v) is 26.3. The molecule has 1 unspecified atom stereocenters. The molecule has 0 spiro atoms. The van der Waals surface area contributed by atoms with E-state index >= 15 is 0 Å². The van der Waals surface area contributed by atoms with Gasteiger partial charge in [-0.1, -0.05) is 0 Å². The van der Waals surface area contributed by atoms with Crippen molar-refractivity contribution in [1.82, 2.24) is 4.90 Å². The Morgan fingerprint density at radius 1 is 0.625 bits per heavy atom. The van der Waals surface area contributed by atoms with Gasteiger partial charge < -0.3 is 0 Å². The van der Waals surface area contributed by atoms with E-state index in [1.54, 1.807) is 13.3 Å². The molecule has 0 aliphatic heterocycles. The molecule has 2 aromatic rings. The third-order valence-corrected chi connectivity index (χ3v) is 25.3. The van der Waals surface area contributed by atoms with Gasteiger partial charge in [0.25, 0.3) is 0 Å². The van der Waals surface area contributed by atoms with E-state index in [9.17, 15) is 0 Å². The second kappa shape index (κ2) is 15.2. The van der Waals surface area contributed by atoms with Crippen molar-refractivity contribution in [3.05, 3.63) is 71.8 Å². The van der Waals surface area contributed by atoms with E-state index in [0.717, 1.165) is 23.1 Å². The van der Waals surface area contributed by atoms with Gasteiger partial charge >= 0.3 is 205 Å². The van der Waals surface area contributed by atoms with Crippen molar-refractivity contribution < 1.29 is 0 Å². The van der Waals surface area contributed by atoms with Crippen LogP contribution in [0.25, 0.3) is 0 Å². The van der Waals surface area contributed by atoms with Crippen LogP contribution < -0.4 is 0 Å². The van der Waals surface area contributed by atoms with Crippen molar-refractivity contribution in [3.8, 4) is 0 Å². The van der Waals surface area contributed by atoms with Crippen LogP contribution in [0.1, 0.15) is 84.3 Å². The van der Waals surface area contributed by atoms with Crippen molar-refractivity contribution in [1.29, 1.82) is 0 Å². The quantitative estimate of drug-likeness (QED) is 0.191. The molecule has 0 bridgehead atoms. The van der Waals surface area contributed by atoms with Crippen LogP contribution in [0, 0.1) is 5.92 Å². The molecular formula is C30H49NSn. The van der Waals surface area contributed by atoms with Crippen LogP contribution in [-0.2, 0) is 13.1 Å². The zero-order valence-electron chi connectivity index (χ0n) is 21.7. The van der Waals surface area contributed by atoms with E-state index in [2.05, 4.69) is 100 Å². The molecule has 0 aliphatic rings. The van der Waals surface area contributed by atoms with Crippen LogP contribution in [0.15, 0.2) is 60.7 Å². The van der Waals surface area contributed by atoms with E-state index in [-0.39, 0.29) is 0 Å². The molecule has 0 aliphatic carbocycles. The zero-order chi connectivity index (χ0) is 23.2. The summed E-state index contributed by atoms with van der Waals surface area (Å²) in [6, 6.07) is 22.5. The van der Waals surface area contributed by atoms with Crippen LogP contribution >= 0.6 is 0 Å². The van der Waals surface area contributed by atoms with Gasteiger partial charge in [-0.25, -0.2) is 0 Å². The average molecular weight is 542 g/mol. The van der Waals surface area contributed by atoms with Crippen molar-refractivity contribution >= 4 is 18.4 Å². The maximum atomic E-state index is 2.94. The monoisotopic (exact) mass is 543 g/mol. The first-order valence-electron chi connectivity index (χ1n) is 13.4. The van der Waals surface area contributed by atoms with Crippen molar-refractivity contribution in [3.63, 3.8) is 0 Å². The summed E-state index contributed by atoms with van der Waals surface area (Å²) >= 11 is -2.47. The Morgan fingerprint density at radius 3 is 1.31 bits per heavy atom. The SMILES string of the molecule is CCC[CH2][Sn]([CH2]CCC)([CH2]CCC)[CH](C(C)C)N(Cc1ccccc1)Cc1ccccc1. The minimum atomic E-state index is -2.47. The van der Waals surface area contributed by atoms with E-state index < -0.39 is 18.4 Å². The third kappa shape index (κ3) is 8.52. The number of nitrogens with zero attached hydrogens (tertiary/aromatic N) is 1. The number of hydrogen-bond donors (Lipinski definition) is 0. The van der Waals surface area contributed by atoms with E-state index in [4.69, 9.17) is 0 Å². The molecule has 0 amide bonds. The molecule has 1 nitrogen and oxygen atoms in total. The third-order valence-electron chi connectivity index (χ3n) is 7.19. The van der Waals surface area contributed by atoms with Gasteiger partial charge in [-0.05, 0) is 0 Å². The molecule has 0 radical (unpaired) electrons. The van der Waals surface area contributed by atoms with E-state index in [0.29, 0.717) is 0 Å². The van der Waals surface area contributed by atoms with Gasteiger partial charge in [-0.15, -0.1) is 0 Å². The Bertz CT molecular complexity index is 649. The molecule has 32 heavy (non-hydrogen) atoms. The Morgan fingerprint density at radius 2 is 1.00 bits per heavy atom. The first kappa shape index (κ1) is 27.4. The fourth-order valence-electron chi connectivity index (χ4n) is 5.81. The van der Waals surface area contributed by atoms with Crippen LogP contribution in [0.4, 0.5) is 0 Å². The Balaban J connectivity index is 2.50. The van der Waals surface area contributed by atoms with Crippen molar-refractivity contribution in [2.45, 2.75) is 104 Å². The van der Waals surface area contributed by atoms with Crippen LogP contribution in [0.2, 0.25) is 13.3 Å². The van der Waals surface area contributed by atoms with E-state index in [1.165, 1.54) is 49.7 Å². The summed E-state index contributed by atoms with van der Waals surface area (Å²) in [6.45, 7) is 14.4. The average Bonchev–Trinajstić information content (AvgIpc) is 2.81. The zero-order valence-corrected chi connectivity index (χ0v) is 24.5. The number of unbranched alkanes of at least 4 members (excludes halogenated alkanes) is 3. The van der Waals surface area contributed by atoms with Gasteiger partial charge in [0.1, 0.15) is 0 Å². The molecule has 178 valence electrons. The fraction of sp³-hybridized carbons (Fsp3) is 0.600. The molecule has 1 atom stereocenters. The normalized spacial score (nSPS) is 13.1. The molecule has 2 rings (SSSR count). The summed E-state index contributed by atoms with van der Waals surface area (Å²) < 4.78 is 5.53. The van der Waals surface area contributed by atoms with Crippen molar-refractivity contribution in [2.24, 2.45) is 5.92 Å². The van der Waals surface area contributed by atoms with Crippen molar-refractivity contribution in [2.75, 3.05) is 0 Å². The molecule has 0 saturated carbocycles. The first-order chi connectivity index (χ1) is 15.6. The second-order valence-corrected chi connectivity index (χ2v) is 24.0. The van der Waals surface area contributed by atoms with Crippen LogP contribution in [-0.4, -0.2) is 27.3 Å². The van der Waals surface area contributed by atoms with Gasteiger partial charge in [-0.2, -0.15) is 0 Å². The predicted octanol–water partition coefficient (Wildman–Crippen LogP) is 9.10. The van der Waals surface area contributed by atoms with E-state index in [1.807, 2.05) is 0 Å². The maximum absolute atomic E-state index is 2.94. The second-order valence-electron chi connectivity index (χ2n) is 10.2. The van der Waals surface area contributed by atoms with Gasteiger partial charge in [0.05, 0.1) is 0 Å². The summed E-state index contributed by atoms with van der Waals surface area (Å²) in [4.78, 5) is 2.94. The van der Waals surface area contributed by atoms with Gasteiger partial charge in [0.2, 0.25) is 0 Å². The van der Waals surface area contributed by atoms with Gasteiger partial charge in [0, 0.05) is 0 Å². The molecule has 0 N–H and O–H groups in total. The predicted molar refractivity (Wildman–Crippen MR) is 146 cm³/mol. The molecule has 0 heterocycles. The molecule has 2 heteroatoms. The number of rotatable bonds is 16. The van der Waals surface area contributed by atoms with Crippen LogP contribution in [0.5, 0.6) is 0 Å². The Labute approximate surface area is 203 Å². The molecule has 0 fully saturated rings. The minimum absolute atomic E-state index is 0.726. The van der Waals surface area contributed by atoms with Gasteiger partial charge in [0.15, 0.2) is 0 Å². The summed E-state index contributed by atoms with van der Waals surface area (Å²) in [5, 5.41) is 0. The topological polar surface area (TPSA) is 3.24 Å². The molecule has 0 aromatic heterocycles. The summed E-state index contributed by atoms with van der Waals surface area (Å²) in [6.07, 6.45) is 8.36. The molecule has 0 saturated heterocycles. The Hall–Kier alpha value is -0.801.